The minimum Gasteiger partial charge on any atom is -0.462 e. The Labute approximate surface area is 309 Å². The fraction of sp³-hybridized carbons (Fsp3) is 0.609. The standard InChI is InChI=1S/C46H66O5/c1-8-11-12-13-38-22-23-43(27-36(38)9-2)44-25-24-42(28-37(44)10-3)41-20-18-40(19-21-41)39-16-14-34(15-17-39)26-35(30-50-45(47)32(4)5)31-51-46(48)33(6)29-49-7/h22-25,27-28,34-35,39-41H,4,6,8-21,26,29-31H2,1-3,5,7H3. The van der Waals surface area contributed by atoms with E-state index in [1.54, 1.807) is 6.92 Å². The van der Waals surface area contributed by atoms with Crippen LogP contribution in [0.3, 0.4) is 0 Å². The van der Waals surface area contributed by atoms with E-state index < -0.39 is 11.9 Å². The molecule has 2 aromatic carbocycles. The summed E-state index contributed by atoms with van der Waals surface area (Å²) in [5.74, 6) is 1.91. The average molecular weight is 699 g/mol. The topological polar surface area (TPSA) is 61.8 Å². The molecule has 1 unspecified atom stereocenters. The Bertz CT molecular complexity index is 1440. The van der Waals surface area contributed by atoms with Gasteiger partial charge in [0.05, 0.1) is 25.4 Å². The highest BCUT2D eigenvalue weighted by Crippen LogP contribution is 2.45. The van der Waals surface area contributed by atoms with Crippen LogP contribution in [0.1, 0.15) is 133 Å². The van der Waals surface area contributed by atoms with Gasteiger partial charge in [-0.05, 0) is 135 Å². The van der Waals surface area contributed by atoms with Crippen LogP contribution in [-0.2, 0) is 43.1 Å². The van der Waals surface area contributed by atoms with Crippen molar-refractivity contribution in [3.8, 4) is 11.1 Å². The van der Waals surface area contributed by atoms with Gasteiger partial charge < -0.3 is 14.2 Å². The number of rotatable bonds is 19. The normalized spacial score (nSPS) is 21.1. The maximum atomic E-state index is 12.4. The zero-order chi connectivity index (χ0) is 36.8. The third-order valence-corrected chi connectivity index (χ3v) is 11.8. The van der Waals surface area contributed by atoms with Crippen molar-refractivity contribution in [2.24, 2.45) is 23.7 Å². The molecule has 2 aliphatic carbocycles. The van der Waals surface area contributed by atoms with Crippen molar-refractivity contribution in [1.82, 2.24) is 0 Å². The largest absolute Gasteiger partial charge is 0.462 e. The second-order valence-corrected chi connectivity index (χ2v) is 15.6. The van der Waals surface area contributed by atoms with Crippen LogP contribution in [0.25, 0.3) is 11.1 Å². The summed E-state index contributed by atoms with van der Waals surface area (Å²) in [6, 6.07) is 14.6. The predicted molar refractivity (Wildman–Crippen MR) is 210 cm³/mol. The summed E-state index contributed by atoms with van der Waals surface area (Å²) < 4.78 is 16.1. The van der Waals surface area contributed by atoms with Gasteiger partial charge >= 0.3 is 11.9 Å². The minimum atomic E-state index is -0.456. The van der Waals surface area contributed by atoms with Crippen molar-refractivity contribution in [3.63, 3.8) is 0 Å². The maximum absolute atomic E-state index is 12.4. The zero-order valence-electron chi connectivity index (χ0n) is 32.5. The van der Waals surface area contributed by atoms with Gasteiger partial charge in [0.25, 0.3) is 0 Å². The SMILES string of the molecule is C=C(C)C(=O)OCC(COC(=O)C(=C)COC)CC1CCC(C2CCC(c3ccc(-c4ccc(CCCCC)c(CC)c4)c(CC)c3)CC2)CC1. The number of benzene rings is 2. The number of carbonyl (C=O) groups excluding carboxylic acids is 2. The number of hydrogen-bond acceptors (Lipinski definition) is 5. The molecule has 0 aromatic heterocycles. The minimum absolute atomic E-state index is 0.0485. The lowest BCUT2D eigenvalue weighted by atomic mass is 9.67. The van der Waals surface area contributed by atoms with Crippen LogP contribution in [0.2, 0.25) is 0 Å². The molecule has 2 saturated carbocycles. The first kappa shape index (κ1) is 40.6. The lowest BCUT2D eigenvalue weighted by Gasteiger charge is -2.38. The van der Waals surface area contributed by atoms with E-state index in [9.17, 15) is 9.59 Å². The fourth-order valence-corrected chi connectivity index (χ4v) is 8.69. The number of unbranched alkanes of at least 4 members (excludes halogenated alkanes) is 2. The van der Waals surface area contributed by atoms with E-state index in [-0.39, 0.29) is 31.3 Å². The Morgan fingerprint density at radius 2 is 1.41 bits per heavy atom. The molecule has 0 amide bonds. The van der Waals surface area contributed by atoms with E-state index in [0.717, 1.165) is 31.1 Å². The van der Waals surface area contributed by atoms with Crippen LogP contribution in [0.15, 0.2) is 60.7 Å². The molecule has 0 radical (unpaired) electrons. The Morgan fingerprint density at radius 1 is 0.765 bits per heavy atom. The molecule has 4 rings (SSSR count). The lowest BCUT2D eigenvalue weighted by Crippen LogP contribution is -2.28. The van der Waals surface area contributed by atoms with Crippen LogP contribution in [0.4, 0.5) is 0 Å². The van der Waals surface area contributed by atoms with Gasteiger partial charge in [-0.1, -0.05) is 96.0 Å². The van der Waals surface area contributed by atoms with Crippen molar-refractivity contribution in [2.75, 3.05) is 26.9 Å². The third kappa shape index (κ3) is 11.9. The summed E-state index contributed by atoms with van der Waals surface area (Å²) in [4.78, 5) is 24.5. The fourth-order valence-electron chi connectivity index (χ4n) is 8.69. The van der Waals surface area contributed by atoms with E-state index in [1.807, 2.05) is 0 Å². The Hall–Kier alpha value is -3.18. The van der Waals surface area contributed by atoms with E-state index in [1.165, 1.54) is 118 Å². The molecule has 2 aliphatic rings. The van der Waals surface area contributed by atoms with Gasteiger partial charge in [0, 0.05) is 18.6 Å². The highest BCUT2D eigenvalue weighted by atomic mass is 16.5. The van der Waals surface area contributed by atoms with E-state index >= 15 is 0 Å². The molecule has 0 heterocycles. The Morgan fingerprint density at radius 3 is 2.02 bits per heavy atom. The summed E-state index contributed by atoms with van der Waals surface area (Å²) in [6.45, 7) is 16.5. The summed E-state index contributed by atoms with van der Waals surface area (Å²) in [5, 5.41) is 0. The molecule has 0 bridgehead atoms. The van der Waals surface area contributed by atoms with Crippen molar-refractivity contribution in [3.05, 3.63) is 83.0 Å². The molecule has 2 fully saturated rings. The van der Waals surface area contributed by atoms with Crippen LogP contribution in [0.5, 0.6) is 0 Å². The van der Waals surface area contributed by atoms with Crippen molar-refractivity contribution in [2.45, 2.75) is 130 Å². The predicted octanol–water partition coefficient (Wildman–Crippen LogP) is 11.2. The smallest absolute Gasteiger partial charge is 0.335 e. The third-order valence-electron chi connectivity index (χ3n) is 11.8. The van der Waals surface area contributed by atoms with E-state index in [4.69, 9.17) is 14.2 Å². The zero-order valence-corrected chi connectivity index (χ0v) is 32.5. The monoisotopic (exact) mass is 698 g/mol. The molecule has 51 heavy (non-hydrogen) atoms. The highest BCUT2D eigenvalue weighted by molar-refractivity contribution is 5.88. The van der Waals surface area contributed by atoms with Gasteiger partial charge in [0.2, 0.25) is 0 Å². The number of ether oxygens (including phenoxy) is 3. The summed E-state index contributed by atoms with van der Waals surface area (Å²) >= 11 is 0. The quantitative estimate of drug-likeness (QED) is 0.0830. The molecule has 0 spiro atoms. The van der Waals surface area contributed by atoms with Crippen LogP contribution in [0, 0.1) is 23.7 Å². The number of methoxy groups -OCH3 is 1. The molecule has 0 aliphatic heterocycles. The second-order valence-electron chi connectivity index (χ2n) is 15.6. The molecule has 5 nitrogen and oxygen atoms in total. The van der Waals surface area contributed by atoms with Crippen LogP contribution in [-0.4, -0.2) is 38.9 Å². The second kappa shape index (κ2) is 20.8. The van der Waals surface area contributed by atoms with Gasteiger partial charge in [-0.2, -0.15) is 0 Å². The first-order valence-electron chi connectivity index (χ1n) is 20.1. The number of carbonyl (C=O) groups is 2. The number of aryl methyl sites for hydroxylation is 3. The molecule has 280 valence electrons. The van der Waals surface area contributed by atoms with Gasteiger partial charge in [0.1, 0.15) is 0 Å². The molecule has 0 N–H and O–H groups in total. The van der Waals surface area contributed by atoms with Crippen molar-refractivity contribution < 1.29 is 23.8 Å². The highest BCUT2D eigenvalue weighted by Gasteiger charge is 2.32. The summed E-state index contributed by atoms with van der Waals surface area (Å²) in [6.07, 6.45) is 18.2. The molecular formula is C46H66O5. The van der Waals surface area contributed by atoms with Crippen molar-refractivity contribution in [1.29, 1.82) is 0 Å². The van der Waals surface area contributed by atoms with Gasteiger partial charge in [-0.15, -0.1) is 0 Å². The van der Waals surface area contributed by atoms with Crippen molar-refractivity contribution >= 4 is 11.9 Å². The van der Waals surface area contributed by atoms with Crippen LogP contribution < -0.4 is 0 Å². The van der Waals surface area contributed by atoms with Gasteiger partial charge in [-0.3, -0.25) is 0 Å². The molecular weight excluding hydrogens is 633 g/mol. The Balaban J connectivity index is 1.29. The summed E-state index contributed by atoms with van der Waals surface area (Å²) in [7, 11) is 1.53. The first-order valence-corrected chi connectivity index (χ1v) is 20.1. The molecule has 5 heteroatoms. The van der Waals surface area contributed by atoms with E-state index in [0.29, 0.717) is 17.4 Å². The number of esters is 2. The van der Waals surface area contributed by atoms with E-state index in [2.05, 4.69) is 70.3 Å². The van der Waals surface area contributed by atoms with Gasteiger partial charge in [-0.25, -0.2) is 9.59 Å². The first-order chi connectivity index (χ1) is 24.7. The van der Waals surface area contributed by atoms with Crippen LogP contribution >= 0.6 is 0 Å². The molecule has 2 aromatic rings. The maximum Gasteiger partial charge on any atom is 0.335 e. The summed E-state index contributed by atoms with van der Waals surface area (Å²) in [5.41, 5.74) is 9.51. The van der Waals surface area contributed by atoms with Gasteiger partial charge in [0.15, 0.2) is 0 Å². The average Bonchev–Trinajstić information content (AvgIpc) is 3.15. The molecule has 0 saturated heterocycles. The molecule has 1 atom stereocenters. The number of hydrogen-bond donors (Lipinski definition) is 0. The Kier molecular flexibility index (Phi) is 16.5. The lowest BCUT2D eigenvalue weighted by molar-refractivity contribution is -0.145.